The Morgan fingerprint density at radius 3 is 2.54 bits per heavy atom. The number of hydrogen-bond acceptors (Lipinski definition) is 5. The Labute approximate surface area is 155 Å². The highest BCUT2D eigenvalue weighted by Gasteiger charge is 2.22. The number of ether oxygens (including phenoxy) is 1. The van der Waals surface area contributed by atoms with E-state index >= 15 is 0 Å². The number of nitrogens with one attached hydrogen (secondary N) is 1. The summed E-state index contributed by atoms with van der Waals surface area (Å²) >= 11 is 0. The number of morpholine rings is 1. The summed E-state index contributed by atoms with van der Waals surface area (Å²) in [7, 11) is 4.00. The molecule has 7 heteroatoms. The lowest BCUT2D eigenvalue weighted by Gasteiger charge is -2.33. The molecular formula is C19H30N4O3. The van der Waals surface area contributed by atoms with Crippen LogP contribution in [0, 0.1) is 0 Å². The SMILES string of the molecule is CC(=O)N(CC(=O)NCCCN(C)C)c1ccccc1N1CCOCC1. The van der Waals surface area contributed by atoms with Gasteiger partial charge in [-0.15, -0.1) is 0 Å². The number of rotatable bonds is 8. The summed E-state index contributed by atoms with van der Waals surface area (Å²) in [4.78, 5) is 30.4. The van der Waals surface area contributed by atoms with Crippen molar-refractivity contribution in [2.75, 3.05) is 69.8 Å². The number of carbonyl (C=O) groups is 2. The second-order valence-electron chi connectivity index (χ2n) is 6.70. The fraction of sp³-hybridized carbons (Fsp3) is 0.579. The molecule has 0 spiro atoms. The molecule has 7 nitrogen and oxygen atoms in total. The molecular weight excluding hydrogens is 332 g/mol. The monoisotopic (exact) mass is 362 g/mol. The van der Waals surface area contributed by atoms with E-state index in [-0.39, 0.29) is 18.4 Å². The first-order chi connectivity index (χ1) is 12.5. The van der Waals surface area contributed by atoms with Gasteiger partial charge in [-0.3, -0.25) is 9.59 Å². The number of carbonyl (C=O) groups excluding carboxylic acids is 2. The summed E-state index contributed by atoms with van der Waals surface area (Å²) in [6.07, 6.45) is 0.878. The van der Waals surface area contributed by atoms with Crippen molar-refractivity contribution in [1.29, 1.82) is 0 Å². The number of anilines is 2. The smallest absolute Gasteiger partial charge is 0.240 e. The molecule has 1 heterocycles. The van der Waals surface area contributed by atoms with Gasteiger partial charge in [0, 0.05) is 26.6 Å². The Morgan fingerprint density at radius 2 is 1.88 bits per heavy atom. The Kier molecular flexibility index (Phi) is 7.87. The van der Waals surface area contributed by atoms with Crippen molar-refractivity contribution in [3.05, 3.63) is 24.3 Å². The van der Waals surface area contributed by atoms with Gasteiger partial charge < -0.3 is 24.8 Å². The Morgan fingerprint density at radius 1 is 1.19 bits per heavy atom. The molecule has 2 rings (SSSR count). The number of para-hydroxylation sites is 2. The van der Waals surface area contributed by atoms with Crippen LogP contribution in [0.15, 0.2) is 24.3 Å². The first-order valence-electron chi connectivity index (χ1n) is 9.10. The van der Waals surface area contributed by atoms with Crippen LogP contribution in [0.1, 0.15) is 13.3 Å². The van der Waals surface area contributed by atoms with Crippen LogP contribution in [-0.4, -0.2) is 76.7 Å². The number of hydrogen-bond donors (Lipinski definition) is 1. The summed E-state index contributed by atoms with van der Waals surface area (Å²) in [6.45, 7) is 5.93. The predicted molar refractivity (Wildman–Crippen MR) is 104 cm³/mol. The molecule has 144 valence electrons. The summed E-state index contributed by atoms with van der Waals surface area (Å²) in [5.74, 6) is -0.287. The zero-order valence-electron chi connectivity index (χ0n) is 16.0. The summed E-state index contributed by atoms with van der Waals surface area (Å²) in [6, 6.07) is 7.73. The molecule has 0 bridgehead atoms. The van der Waals surface area contributed by atoms with Crippen molar-refractivity contribution in [3.63, 3.8) is 0 Å². The van der Waals surface area contributed by atoms with Crippen LogP contribution in [0.4, 0.5) is 11.4 Å². The van der Waals surface area contributed by atoms with Crippen molar-refractivity contribution in [1.82, 2.24) is 10.2 Å². The highest BCUT2D eigenvalue weighted by atomic mass is 16.5. The van der Waals surface area contributed by atoms with Gasteiger partial charge in [0.25, 0.3) is 0 Å². The highest BCUT2D eigenvalue weighted by Crippen LogP contribution is 2.30. The largest absolute Gasteiger partial charge is 0.378 e. The van der Waals surface area contributed by atoms with E-state index < -0.39 is 0 Å². The average molecular weight is 362 g/mol. The van der Waals surface area contributed by atoms with Crippen molar-refractivity contribution in [3.8, 4) is 0 Å². The number of amides is 2. The fourth-order valence-electron chi connectivity index (χ4n) is 2.95. The molecule has 1 aliphatic rings. The van der Waals surface area contributed by atoms with Gasteiger partial charge in [-0.1, -0.05) is 12.1 Å². The van der Waals surface area contributed by atoms with E-state index in [0.29, 0.717) is 19.8 Å². The van der Waals surface area contributed by atoms with Crippen molar-refractivity contribution >= 4 is 23.2 Å². The molecule has 1 aromatic carbocycles. The zero-order valence-corrected chi connectivity index (χ0v) is 16.0. The van der Waals surface area contributed by atoms with Crippen molar-refractivity contribution < 1.29 is 14.3 Å². The molecule has 0 radical (unpaired) electrons. The lowest BCUT2D eigenvalue weighted by molar-refractivity contribution is -0.123. The Hall–Kier alpha value is -2.12. The third-order valence-corrected chi connectivity index (χ3v) is 4.31. The summed E-state index contributed by atoms with van der Waals surface area (Å²) in [5.41, 5.74) is 1.73. The molecule has 1 fully saturated rings. The van der Waals surface area contributed by atoms with Gasteiger partial charge in [0.1, 0.15) is 6.54 Å². The second-order valence-corrected chi connectivity index (χ2v) is 6.70. The Bertz CT molecular complexity index is 600. The van der Waals surface area contributed by atoms with Crippen LogP contribution in [0.5, 0.6) is 0 Å². The minimum Gasteiger partial charge on any atom is -0.378 e. The highest BCUT2D eigenvalue weighted by molar-refractivity contribution is 6.00. The molecule has 0 aliphatic carbocycles. The van der Waals surface area contributed by atoms with Crippen LogP contribution in [0.2, 0.25) is 0 Å². The van der Waals surface area contributed by atoms with E-state index in [1.54, 1.807) is 4.90 Å². The minimum atomic E-state index is -0.144. The molecule has 0 aromatic heterocycles. The van der Waals surface area contributed by atoms with E-state index in [1.165, 1.54) is 6.92 Å². The standard InChI is InChI=1S/C19H30N4O3/c1-16(24)23(15-19(25)20-9-6-10-21(2)3)18-8-5-4-7-17(18)22-11-13-26-14-12-22/h4-5,7-8H,6,9-15H2,1-3H3,(H,20,25). The molecule has 0 atom stereocenters. The number of nitrogens with zero attached hydrogens (tertiary/aromatic N) is 3. The van der Waals surface area contributed by atoms with Gasteiger partial charge in [-0.05, 0) is 39.2 Å². The third kappa shape index (κ3) is 6.00. The molecule has 0 unspecified atom stereocenters. The summed E-state index contributed by atoms with van der Waals surface area (Å²) < 4.78 is 5.42. The van der Waals surface area contributed by atoms with Gasteiger partial charge in [0.05, 0.1) is 24.6 Å². The van der Waals surface area contributed by atoms with Crippen LogP contribution < -0.4 is 15.1 Å². The summed E-state index contributed by atoms with van der Waals surface area (Å²) in [5, 5.41) is 2.90. The van der Waals surface area contributed by atoms with Crippen LogP contribution in [0.25, 0.3) is 0 Å². The molecule has 1 saturated heterocycles. The van der Waals surface area contributed by atoms with E-state index in [2.05, 4.69) is 15.1 Å². The lowest BCUT2D eigenvalue weighted by Crippen LogP contribution is -2.42. The van der Waals surface area contributed by atoms with Gasteiger partial charge >= 0.3 is 0 Å². The molecule has 1 aromatic rings. The van der Waals surface area contributed by atoms with E-state index in [1.807, 2.05) is 38.4 Å². The van der Waals surface area contributed by atoms with Gasteiger partial charge in [0.2, 0.25) is 11.8 Å². The minimum absolute atomic E-state index is 0.0264. The van der Waals surface area contributed by atoms with Gasteiger partial charge in [-0.25, -0.2) is 0 Å². The average Bonchev–Trinajstić information content (AvgIpc) is 2.63. The number of benzene rings is 1. The molecule has 26 heavy (non-hydrogen) atoms. The van der Waals surface area contributed by atoms with Gasteiger partial charge in [-0.2, -0.15) is 0 Å². The molecule has 1 aliphatic heterocycles. The maximum absolute atomic E-state index is 12.3. The first-order valence-corrected chi connectivity index (χ1v) is 9.10. The predicted octanol–water partition coefficient (Wildman–Crippen LogP) is 0.944. The second kappa shape index (κ2) is 10.1. The molecule has 2 amide bonds. The molecule has 0 saturated carbocycles. The van der Waals surface area contributed by atoms with Gasteiger partial charge in [0.15, 0.2) is 0 Å². The zero-order chi connectivity index (χ0) is 18.9. The lowest BCUT2D eigenvalue weighted by atomic mass is 10.2. The van der Waals surface area contributed by atoms with Crippen LogP contribution >= 0.6 is 0 Å². The molecule has 1 N–H and O–H groups in total. The Balaban J connectivity index is 2.05. The van der Waals surface area contributed by atoms with Crippen molar-refractivity contribution in [2.45, 2.75) is 13.3 Å². The first kappa shape index (κ1) is 20.2. The fourth-order valence-corrected chi connectivity index (χ4v) is 2.95. The van der Waals surface area contributed by atoms with E-state index in [0.717, 1.165) is 37.4 Å². The maximum Gasteiger partial charge on any atom is 0.240 e. The maximum atomic E-state index is 12.3. The van der Waals surface area contributed by atoms with E-state index in [9.17, 15) is 9.59 Å². The van der Waals surface area contributed by atoms with Crippen LogP contribution in [0.3, 0.4) is 0 Å². The quantitative estimate of drug-likeness (QED) is 0.698. The third-order valence-electron chi connectivity index (χ3n) is 4.31. The van der Waals surface area contributed by atoms with E-state index in [4.69, 9.17) is 4.74 Å². The van der Waals surface area contributed by atoms with Crippen molar-refractivity contribution in [2.24, 2.45) is 0 Å². The van der Waals surface area contributed by atoms with Crippen LogP contribution in [-0.2, 0) is 14.3 Å². The topological polar surface area (TPSA) is 65.1 Å². The normalized spacial score (nSPS) is 14.4.